The number of piperidine rings is 1. The van der Waals surface area contributed by atoms with Gasteiger partial charge in [0.1, 0.15) is 17.7 Å². The maximum absolute atomic E-state index is 13.6. The molecule has 1 aromatic heterocycles. The van der Waals surface area contributed by atoms with E-state index in [4.69, 9.17) is 17.3 Å². The van der Waals surface area contributed by atoms with E-state index in [0.29, 0.717) is 17.3 Å². The molecule has 34 heavy (non-hydrogen) atoms. The fourth-order valence-corrected chi connectivity index (χ4v) is 4.76. The lowest BCUT2D eigenvalue weighted by Gasteiger charge is -2.33. The predicted octanol–water partition coefficient (Wildman–Crippen LogP) is 3.49. The van der Waals surface area contributed by atoms with Gasteiger partial charge in [-0.1, -0.05) is 29.8 Å². The smallest absolute Gasteiger partial charge is 0.373 e. The molecule has 2 aliphatic heterocycles. The predicted molar refractivity (Wildman–Crippen MR) is 123 cm³/mol. The van der Waals surface area contributed by atoms with Gasteiger partial charge in [-0.15, -0.1) is 0 Å². The topological polar surface area (TPSA) is 83.5 Å². The molecule has 184 valence electrons. The number of nitrogens with one attached hydrogen (secondary N) is 2. The Kier molecular flexibility index (Phi) is 6.88. The zero-order valence-electron chi connectivity index (χ0n) is 18.5. The fraction of sp³-hybridized carbons (Fsp3) is 0.455. The lowest BCUT2D eigenvalue weighted by Crippen LogP contribution is -2.50. The van der Waals surface area contributed by atoms with Gasteiger partial charge in [0, 0.05) is 38.5 Å². The van der Waals surface area contributed by atoms with Crippen LogP contribution in [0, 0.1) is 0 Å². The zero-order valence-corrected chi connectivity index (χ0v) is 19.3. The van der Waals surface area contributed by atoms with Crippen LogP contribution in [0.3, 0.4) is 0 Å². The molecular weight excluding hydrogens is 474 g/mol. The monoisotopic (exact) mass is 499 g/mol. The molecule has 1 atom stereocenters. The Hall–Kier alpha value is -2.63. The van der Waals surface area contributed by atoms with E-state index < -0.39 is 17.5 Å². The normalized spacial score (nSPS) is 22.2. The van der Waals surface area contributed by atoms with Crippen LogP contribution >= 0.6 is 11.6 Å². The van der Waals surface area contributed by atoms with Gasteiger partial charge in [0.15, 0.2) is 0 Å². The highest BCUT2D eigenvalue weighted by atomic mass is 35.5. The van der Waals surface area contributed by atoms with Crippen LogP contribution in [0.1, 0.15) is 35.6 Å². The third-order valence-corrected chi connectivity index (χ3v) is 6.57. The van der Waals surface area contributed by atoms with E-state index in [9.17, 15) is 17.6 Å². The van der Waals surface area contributed by atoms with Crippen LogP contribution in [0.5, 0.6) is 0 Å². The van der Waals surface area contributed by atoms with Crippen LogP contribution in [0.25, 0.3) is 5.57 Å². The van der Waals surface area contributed by atoms with Crippen molar-refractivity contribution in [1.29, 1.82) is 0 Å². The maximum atomic E-state index is 13.6. The number of likely N-dealkylation sites (tertiary alicyclic amines) is 1. The Morgan fingerprint density at radius 1 is 1.26 bits per heavy atom. The highest BCUT2D eigenvalue weighted by Gasteiger charge is 2.39. The first kappa shape index (κ1) is 24.5. The summed E-state index contributed by atoms with van der Waals surface area (Å²) in [6.45, 7) is 1.50. The Labute approximate surface area is 199 Å². The number of hydrogen-bond acceptors (Lipinski definition) is 6. The molecule has 0 radical (unpaired) electrons. The molecule has 0 amide bonds. The number of hydrogen-bond donors (Lipinski definition) is 3. The summed E-state index contributed by atoms with van der Waals surface area (Å²) in [4.78, 5) is 6.54. The number of aliphatic imine (C=N–C) groups is 1. The second-order valence-electron chi connectivity index (χ2n) is 8.28. The lowest BCUT2D eigenvalue weighted by molar-refractivity contribution is -0.137. The zero-order chi connectivity index (χ0) is 24.5. The van der Waals surface area contributed by atoms with Gasteiger partial charge in [-0.25, -0.2) is 9.38 Å². The molecule has 1 fully saturated rings. The molecule has 4 N–H and O–H groups in total. The van der Waals surface area contributed by atoms with Crippen LogP contribution in [0.4, 0.5) is 17.6 Å². The van der Waals surface area contributed by atoms with E-state index in [0.717, 1.165) is 32.0 Å². The first-order valence-corrected chi connectivity index (χ1v) is 11.3. The van der Waals surface area contributed by atoms with Gasteiger partial charge in [0.2, 0.25) is 5.79 Å². The number of nitrogens with two attached hydrogens (primary N) is 1. The molecule has 0 bridgehead atoms. The van der Waals surface area contributed by atoms with Crippen molar-refractivity contribution in [3.8, 4) is 0 Å². The van der Waals surface area contributed by atoms with Gasteiger partial charge >= 0.3 is 6.18 Å². The highest BCUT2D eigenvalue weighted by molar-refractivity contribution is 6.30. The molecule has 1 unspecified atom stereocenters. The minimum absolute atomic E-state index is 0.0283. The number of rotatable bonds is 5. The SMILES string of the molecule is CNC1=NC(N)(c2cnn(C3CCN(CCF)CC3)c2Cl)NC=C1c1ccccc1C(F)(F)F. The first-order chi connectivity index (χ1) is 16.2. The summed E-state index contributed by atoms with van der Waals surface area (Å²) in [6, 6.07) is 5.30. The summed E-state index contributed by atoms with van der Waals surface area (Å²) in [7, 11) is 1.56. The second kappa shape index (κ2) is 9.55. The average molecular weight is 500 g/mol. The lowest BCUT2D eigenvalue weighted by atomic mass is 9.97. The third-order valence-electron chi connectivity index (χ3n) is 6.19. The Bertz CT molecular complexity index is 1090. The Morgan fingerprint density at radius 3 is 2.62 bits per heavy atom. The fourth-order valence-electron chi connectivity index (χ4n) is 4.38. The summed E-state index contributed by atoms with van der Waals surface area (Å²) in [5, 5.41) is 10.5. The van der Waals surface area contributed by atoms with Crippen LogP contribution in [-0.4, -0.2) is 53.9 Å². The molecule has 0 saturated carbocycles. The van der Waals surface area contributed by atoms with Crippen LogP contribution in [0.15, 0.2) is 41.7 Å². The Balaban J connectivity index is 1.61. The highest BCUT2D eigenvalue weighted by Crippen LogP contribution is 2.37. The number of alkyl halides is 4. The number of amidine groups is 1. The van der Waals surface area contributed by atoms with Crippen molar-refractivity contribution >= 4 is 23.0 Å². The molecule has 1 saturated heterocycles. The summed E-state index contributed by atoms with van der Waals surface area (Å²) < 4.78 is 55.0. The molecule has 0 spiro atoms. The van der Waals surface area contributed by atoms with Crippen molar-refractivity contribution in [2.45, 2.75) is 30.8 Å². The van der Waals surface area contributed by atoms with Gasteiger partial charge in [0.05, 0.1) is 23.4 Å². The van der Waals surface area contributed by atoms with Crippen molar-refractivity contribution < 1.29 is 17.6 Å². The minimum Gasteiger partial charge on any atom is -0.373 e. The summed E-state index contributed by atoms with van der Waals surface area (Å²) in [5.74, 6) is -1.35. The largest absolute Gasteiger partial charge is 0.417 e. The van der Waals surface area contributed by atoms with E-state index in [2.05, 4.69) is 25.6 Å². The van der Waals surface area contributed by atoms with Gasteiger partial charge < -0.3 is 15.5 Å². The number of likely N-dealkylation sites (N-methyl/N-ethyl adjacent to an activating group) is 1. The van der Waals surface area contributed by atoms with E-state index in [-0.39, 0.29) is 29.7 Å². The van der Waals surface area contributed by atoms with Crippen molar-refractivity contribution in [3.63, 3.8) is 0 Å². The average Bonchev–Trinajstić information content (AvgIpc) is 3.21. The van der Waals surface area contributed by atoms with E-state index in [1.165, 1.54) is 30.6 Å². The molecule has 3 heterocycles. The number of nitrogens with zero attached hydrogens (tertiary/aromatic N) is 4. The first-order valence-electron chi connectivity index (χ1n) is 10.9. The summed E-state index contributed by atoms with van der Waals surface area (Å²) in [5.41, 5.74) is 6.34. The van der Waals surface area contributed by atoms with Gasteiger partial charge in [-0.2, -0.15) is 18.3 Å². The number of halogens is 5. The van der Waals surface area contributed by atoms with Gasteiger partial charge in [-0.3, -0.25) is 10.4 Å². The quantitative estimate of drug-likeness (QED) is 0.549. The van der Waals surface area contributed by atoms with Gasteiger partial charge in [0.25, 0.3) is 0 Å². The van der Waals surface area contributed by atoms with Gasteiger partial charge in [-0.05, 0) is 24.5 Å². The summed E-state index contributed by atoms with van der Waals surface area (Å²) >= 11 is 6.66. The molecular formula is C22H26ClF4N7. The standard InChI is InChI=1S/C22H26ClF4N7/c1-29-20-16(15-4-2-3-5-17(15)21(25,26)27)12-30-22(28,32-20)18-13-31-34(19(18)23)14-6-9-33(10-7-14)11-8-24/h2-5,12-14,30H,6-11,28H2,1H3,(H,29,32). The third kappa shape index (κ3) is 4.64. The maximum Gasteiger partial charge on any atom is 0.417 e. The van der Waals surface area contributed by atoms with Crippen molar-refractivity contribution in [3.05, 3.63) is 58.5 Å². The Morgan fingerprint density at radius 2 is 1.97 bits per heavy atom. The molecule has 0 aliphatic carbocycles. The molecule has 2 aliphatic rings. The number of benzene rings is 1. The van der Waals surface area contributed by atoms with Crippen LogP contribution in [-0.2, 0) is 12.0 Å². The van der Waals surface area contributed by atoms with E-state index in [1.807, 2.05) is 0 Å². The molecule has 7 nitrogen and oxygen atoms in total. The van der Waals surface area contributed by atoms with E-state index >= 15 is 0 Å². The number of aromatic nitrogens is 2. The molecule has 12 heteroatoms. The van der Waals surface area contributed by atoms with Crippen molar-refractivity contribution in [2.24, 2.45) is 10.7 Å². The molecule has 4 rings (SSSR count). The van der Waals surface area contributed by atoms with Crippen molar-refractivity contribution in [1.82, 2.24) is 25.3 Å². The minimum atomic E-state index is -4.53. The van der Waals surface area contributed by atoms with Crippen LogP contribution in [0.2, 0.25) is 5.15 Å². The van der Waals surface area contributed by atoms with Crippen molar-refractivity contribution in [2.75, 3.05) is 33.4 Å². The second-order valence-corrected chi connectivity index (χ2v) is 8.64. The van der Waals surface area contributed by atoms with E-state index in [1.54, 1.807) is 11.7 Å². The molecule has 2 aromatic rings. The summed E-state index contributed by atoms with van der Waals surface area (Å²) in [6.07, 6.45) is -0.0862. The van der Waals surface area contributed by atoms with Crippen LogP contribution < -0.4 is 16.4 Å². The molecule has 1 aromatic carbocycles.